The summed E-state index contributed by atoms with van der Waals surface area (Å²) in [5.74, 6) is 2.26. The molecule has 0 aliphatic carbocycles. The molecule has 1 saturated heterocycles. The van der Waals surface area contributed by atoms with Crippen molar-refractivity contribution in [2.75, 3.05) is 41.5 Å². The number of hydrogen-bond donors (Lipinski definition) is 0. The van der Waals surface area contributed by atoms with Crippen molar-refractivity contribution in [3.63, 3.8) is 0 Å². The molecule has 0 unspecified atom stereocenters. The molecule has 192 valence electrons. The second kappa shape index (κ2) is 12.2. The minimum atomic E-state index is -0.123. The van der Waals surface area contributed by atoms with Gasteiger partial charge in [-0.1, -0.05) is 12.1 Å². The third kappa shape index (κ3) is 6.19. The summed E-state index contributed by atoms with van der Waals surface area (Å²) in [6, 6.07) is 10.7. The van der Waals surface area contributed by atoms with E-state index in [1.165, 1.54) is 0 Å². The van der Waals surface area contributed by atoms with E-state index in [4.69, 9.17) is 18.9 Å². The quantitative estimate of drug-likeness (QED) is 0.518. The summed E-state index contributed by atoms with van der Waals surface area (Å²) in [6.07, 6.45) is 6.62. The number of piperazine rings is 1. The Morgan fingerprint density at radius 2 is 1.03 bits per heavy atom. The second-order valence-electron chi connectivity index (χ2n) is 8.57. The minimum absolute atomic E-state index is 0.0999. The van der Waals surface area contributed by atoms with Gasteiger partial charge >= 0.3 is 0 Å². The van der Waals surface area contributed by atoms with Crippen molar-refractivity contribution >= 4 is 24.0 Å². The van der Waals surface area contributed by atoms with Crippen LogP contribution in [0.4, 0.5) is 0 Å². The zero-order valence-corrected chi connectivity index (χ0v) is 21.7. The lowest BCUT2D eigenvalue weighted by Gasteiger charge is -2.43. The second-order valence-corrected chi connectivity index (χ2v) is 8.57. The molecule has 1 heterocycles. The van der Waals surface area contributed by atoms with E-state index in [0.717, 1.165) is 11.1 Å². The Hall–Kier alpha value is -3.94. The Morgan fingerprint density at radius 3 is 1.36 bits per heavy atom. The Kier molecular flexibility index (Phi) is 9.00. The third-order valence-corrected chi connectivity index (χ3v) is 6.20. The molecule has 0 saturated carbocycles. The molecule has 3 rings (SSSR count). The first-order chi connectivity index (χ1) is 17.3. The van der Waals surface area contributed by atoms with Crippen molar-refractivity contribution in [1.29, 1.82) is 0 Å². The van der Waals surface area contributed by atoms with Gasteiger partial charge in [-0.25, -0.2) is 0 Å². The van der Waals surface area contributed by atoms with Crippen LogP contribution in [0.3, 0.4) is 0 Å². The number of nitrogens with zero attached hydrogens (tertiary/aromatic N) is 2. The summed E-state index contributed by atoms with van der Waals surface area (Å²) in [5.41, 5.74) is 1.66. The molecule has 2 atom stereocenters. The number of ether oxygens (including phenoxy) is 4. The van der Waals surface area contributed by atoms with Crippen LogP contribution in [0.1, 0.15) is 25.0 Å². The zero-order chi connectivity index (χ0) is 26.2. The highest BCUT2D eigenvalue weighted by Crippen LogP contribution is 2.29. The topological polar surface area (TPSA) is 77.5 Å². The molecular formula is C28H34N2O6. The van der Waals surface area contributed by atoms with Gasteiger partial charge in [-0.15, -0.1) is 0 Å². The number of rotatable bonds is 8. The molecule has 0 radical (unpaired) electrons. The van der Waals surface area contributed by atoms with Gasteiger partial charge in [0, 0.05) is 37.3 Å². The van der Waals surface area contributed by atoms with E-state index in [1.807, 2.05) is 38.1 Å². The van der Waals surface area contributed by atoms with Crippen LogP contribution in [0, 0.1) is 0 Å². The highest BCUT2D eigenvalue weighted by atomic mass is 16.5. The van der Waals surface area contributed by atoms with E-state index in [-0.39, 0.29) is 23.9 Å². The molecule has 1 aliphatic rings. The van der Waals surface area contributed by atoms with Crippen molar-refractivity contribution in [1.82, 2.24) is 9.80 Å². The first-order valence-electron chi connectivity index (χ1n) is 11.7. The smallest absolute Gasteiger partial charge is 0.246 e. The molecule has 0 N–H and O–H groups in total. The highest BCUT2D eigenvalue weighted by Gasteiger charge is 2.32. The van der Waals surface area contributed by atoms with Crippen LogP contribution in [0.2, 0.25) is 0 Å². The van der Waals surface area contributed by atoms with Crippen molar-refractivity contribution in [2.45, 2.75) is 25.9 Å². The lowest BCUT2D eigenvalue weighted by molar-refractivity contribution is -0.139. The average molecular weight is 495 g/mol. The SMILES string of the molecule is COc1ccc(/C=C/C(=O)N2C[C@@H](C)N(C(=O)/C=C/c3ccc(OC)c(OC)c3)C[C@H]2C)cc1OC. The van der Waals surface area contributed by atoms with Gasteiger partial charge in [-0.05, 0) is 61.4 Å². The predicted molar refractivity (Wildman–Crippen MR) is 140 cm³/mol. The van der Waals surface area contributed by atoms with Gasteiger partial charge in [0.2, 0.25) is 11.8 Å². The van der Waals surface area contributed by atoms with E-state index in [0.29, 0.717) is 36.1 Å². The monoisotopic (exact) mass is 494 g/mol. The molecule has 1 fully saturated rings. The molecule has 36 heavy (non-hydrogen) atoms. The van der Waals surface area contributed by atoms with Gasteiger partial charge in [0.15, 0.2) is 23.0 Å². The third-order valence-electron chi connectivity index (χ3n) is 6.20. The van der Waals surface area contributed by atoms with Crippen LogP contribution >= 0.6 is 0 Å². The molecule has 8 nitrogen and oxygen atoms in total. The van der Waals surface area contributed by atoms with Crippen molar-refractivity contribution in [3.8, 4) is 23.0 Å². The maximum Gasteiger partial charge on any atom is 0.246 e. The van der Waals surface area contributed by atoms with Crippen LogP contribution < -0.4 is 18.9 Å². The summed E-state index contributed by atoms with van der Waals surface area (Å²) in [5, 5.41) is 0. The van der Waals surface area contributed by atoms with Crippen LogP contribution in [-0.4, -0.2) is 75.2 Å². The van der Waals surface area contributed by atoms with Gasteiger partial charge in [0.05, 0.1) is 28.4 Å². The Morgan fingerprint density at radius 1 is 0.667 bits per heavy atom. The highest BCUT2D eigenvalue weighted by molar-refractivity contribution is 5.94. The summed E-state index contributed by atoms with van der Waals surface area (Å²) in [7, 11) is 6.30. The first-order valence-corrected chi connectivity index (χ1v) is 11.7. The van der Waals surface area contributed by atoms with E-state index < -0.39 is 0 Å². The van der Waals surface area contributed by atoms with Gasteiger partial charge in [-0.3, -0.25) is 9.59 Å². The largest absolute Gasteiger partial charge is 0.493 e. The Labute approximate surface area is 212 Å². The van der Waals surface area contributed by atoms with Gasteiger partial charge < -0.3 is 28.7 Å². The number of carbonyl (C=O) groups excluding carboxylic acids is 2. The lowest BCUT2D eigenvalue weighted by atomic mass is 10.1. The number of hydrogen-bond acceptors (Lipinski definition) is 6. The fourth-order valence-electron chi connectivity index (χ4n) is 4.18. The molecule has 8 heteroatoms. The van der Waals surface area contributed by atoms with Crippen molar-refractivity contribution in [2.24, 2.45) is 0 Å². The van der Waals surface area contributed by atoms with E-state index in [2.05, 4.69) is 0 Å². The van der Waals surface area contributed by atoms with Crippen molar-refractivity contribution < 1.29 is 28.5 Å². The predicted octanol–water partition coefficient (Wildman–Crippen LogP) is 3.90. The summed E-state index contributed by atoms with van der Waals surface area (Å²) in [6.45, 7) is 4.80. The fraction of sp³-hybridized carbons (Fsp3) is 0.357. The van der Waals surface area contributed by atoms with Gasteiger partial charge in [-0.2, -0.15) is 0 Å². The molecule has 0 aromatic heterocycles. The van der Waals surface area contributed by atoms with Crippen molar-refractivity contribution in [3.05, 3.63) is 59.7 Å². The standard InChI is InChI=1S/C28H34N2O6/c1-19-17-30(28(32)14-10-22-8-12-24(34-4)26(16-22)36-6)20(2)18-29(19)27(31)13-9-21-7-11-23(33-3)25(15-21)35-5/h7-16,19-20H,17-18H2,1-6H3/b13-9+,14-10+/t19-,20-/m1/s1. The molecule has 0 bridgehead atoms. The lowest BCUT2D eigenvalue weighted by Crippen LogP contribution is -2.59. The van der Waals surface area contributed by atoms with Crippen LogP contribution in [0.5, 0.6) is 23.0 Å². The molecule has 2 aromatic carbocycles. The van der Waals surface area contributed by atoms with E-state index >= 15 is 0 Å². The number of benzene rings is 2. The van der Waals surface area contributed by atoms with E-state index in [9.17, 15) is 9.59 Å². The maximum atomic E-state index is 12.9. The summed E-state index contributed by atoms with van der Waals surface area (Å²) < 4.78 is 21.2. The maximum absolute atomic E-state index is 12.9. The summed E-state index contributed by atoms with van der Waals surface area (Å²) in [4.78, 5) is 29.5. The minimum Gasteiger partial charge on any atom is -0.493 e. The number of methoxy groups -OCH3 is 4. The van der Waals surface area contributed by atoms with Gasteiger partial charge in [0.25, 0.3) is 0 Å². The number of carbonyl (C=O) groups is 2. The average Bonchev–Trinajstić information content (AvgIpc) is 2.90. The molecule has 1 aliphatic heterocycles. The molecule has 2 aromatic rings. The molecule has 2 amide bonds. The summed E-state index contributed by atoms with van der Waals surface area (Å²) >= 11 is 0. The number of amides is 2. The Bertz CT molecular complexity index is 1050. The van der Waals surface area contributed by atoms with Crippen LogP contribution in [0.15, 0.2) is 48.6 Å². The van der Waals surface area contributed by atoms with Crippen LogP contribution in [0.25, 0.3) is 12.2 Å². The fourth-order valence-corrected chi connectivity index (χ4v) is 4.18. The van der Waals surface area contributed by atoms with Gasteiger partial charge in [0.1, 0.15) is 0 Å². The molecule has 0 spiro atoms. The first kappa shape index (κ1) is 26.7. The van der Waals surface area contributed by atoms with E-state index in [1.54, 1.807) is 74.7 Å². The zero-order valence-electron chi connectivity index (χ0n) is 21.7. The Balaban J connectivity index is 1.64. The normalized spacial score (nSPS) is 17.9. The molecular weight excluding hydrogens is 460 g/mol. The van der Waals surface area contributed by atoms with Crippen LogP contribution in [-0.2, 0) is 9.59 Å².